The van der Waals surface area contributed by atoms with Crippen LogP contribution in [0.25, 0.3) is 0 Å². The SMILES string of the molecule is COc1cc2c(cc1S(=O)(=O)Nc1cccc(NC(=O)c3ccc(C(C)(C)C)cc3)c1)CCCC2. The average molecular weight is 493 g/mol. The number of benzene rings is 3. The maximum absolute atomic E-state index is 13.3. The van der Waals surface area contributed by atoms with Gasteiger partial charge in [-0.25, -0.2) is 8.42 Å². The highest BCUT2D eigenvalue weighted by molar-refractivity contribution is 7.92. The lowest BCUT2D eigenvalue weighted by molar-refractivity contribution is 0.102. The van der Waals surface area contributed by atoms with E-state index >= 15 is 0 Å². The second-order valence-electron chi connectivity index (χ2n) is 9.95. The van der Waals surface area contributed by atoms with Crippen molar-refractivity contribution in [3.8, 4) is 5.75 Å². The van der Waals surface area contributed by atoms with Crippen molar-refractivity contribution in [1.29, 1.82) is 0 Å². The molecule has 2 N–H and O–H groups in total. The normalized spacial score (nSPS) is 13.6. The molecule has 0 fully saturated rings. The van der Waals surface area contributed by atoms with Gasteiger partial charge in [0.1, 0.15) is 10.6 Å². The van der Waals surface area contributed by atoms with Crippen molar-refractivity contribution in [3.63, 3.8) is 0 Å². The molecule has 0 aromatic heterocycles. The van der Waals surface area contributed by atoms with Gasteiger partial charge in [0.2, 0.25) is 0 Å². The molecule has 3 aromatic carbocycles. The van der Waals surface area contributed by atoms with E-state index in [9.17, 15) is 13.2 Å². The summed E-state index contributed by atoms with van der Waals surface area (Å²) in [6.07, 6.45) is 3.94. The van der Waals surface area contributed by atoms with Crippen LogP contribution in [-0.4, -0.2) is 21.4 Å². The van der Waals surface area contributed by atoms with Crippen LogP contribution >= 0.6 is 0 Å². The van der Waals surface area contributed by atoms with Crippen LogP contribution in [0.1, 0.15) is 60.7 Å². The lowest BCUT2D eigenvalue weighted by Crippen LogP contribution is -2.17. The number of carbonyl (C=O) groups excluding carboxylic acids is 1. The number of carbonyl (C=O) groups is 1. The van der Waals surface area contributed by atoms with E-state index in [-0.39, 0.29) is 16.2 Å². The molecule has 0 saturated carbocycles. The van der Waals surface area contributed by atoms with Crippen LogP contribution in [0, 0.1) is 0 Å². The number of ether oxygens (including phenoxy) is 1. The minimum atomic E-state index is -3.89. The highest BCUT2D eigenvalue weighted by atomic mass is 32.2. The molecule has 1 aliphatic rings. The topological polar surface area (TPSA) is 84.5 Å². The fraction of sp³-hybridized carbons (Fsp3) is 0.321. The smallest absolute Gasteiger partial charge is 0.265 e. The van der Waals surface area contributed by atoms with Crippen LogP contribution < -0.4 is 14.8 Å². The van der Waals surface area contributed by atoms with E-state index in [1.165, 1.54) is 7.11 Å². The minimum Gasteiger partial charge on any atom is -0.495 e. The first-order valence-corrected chi connectivity index (χ1v) is 13.3. The van der Waals surface area contributed by atoms with E-state index in [1.807, 2.05) is 18.2 Å². The first-order valence-electron chi connectivity index (χ1n) is 11.8. The van der Waals surface area contributed by atoms with Gasteiger partial charge in [-0.15, -0.1) is 0 Å². The molecule has 4 rings (SSSR count). The molecule has 0 radical (unpaired) electrons. The molecule has 6 nitrogen and oxygen atoms in total. The second-order valence-corrected chi connectivity index (χ2v) is 11.6. The number of hydrogen-bond donors (Lipinski definition) is 2. The Bertz CT molecular complexity index is 1340. The highest BCUT2D eigenvalue weighted by Gasteiger charge is 2.23. The first-order chi connectivity index (χ1) is 16.6. The predicted octanol–water partition coefficient (Wildman–Crippen LogP) is 5.92. The van der Waals surface area contributed by atoms with Crippen molar-refractivity contribution in [1.82, 2.24) is 0 Å². The van der Waals surface area contributed by atoms with Crippen LogP contribution in [0.15, 0.2) is 65.6 Å². The number of sulfonamides is 1. The van der Waals surface area contributed by atoms with Crippen molar-refractivity contribution >= 4 is 27.3 Å². The lowest BCUT2D eigenvalue weighted by atomic mass is 9.87. The van der Waals surface area contributed by atoms with Gasteiger partial charge in [0.05, 0.1) is 12.8 Å². The van der Waals surface area contributed by atoms with Gasteiger partial charge in [-0.2, -0.15) is 0 Å². The van der Waals surface area contributed by atoms with Gasteiger partial charge in [0.15, 0.2) is 0 Å². The fourth-order valence-corrected chi connectivity index (χ4v) is 5.56. The van der Waals surface area contributed by atoms with Crippen molar-refractivity contribution in [2.24, 2.45) is 0 Å². The number of nitrogens with one attached hydrogen (secondary N) is 2. The summed E-state index contributed by atoms with van der Waals surface area (Å²) in [5.41, 5.74) is 4.72. The van der Waals surface area contributed by atoms with Crippen LogP contribution in [0.3, 0.4) is 0 Å². The molecular formula is C28H32N2O4S. The summed E-state index contributed by atoms with van der Waals surface area (Å²) in [6, 6.07) is 17.7. The zero-order valence-electron chi connectivity index (χ0n) is 20.6. The van der Waals surface area contributed by atoms with E-state index in [0.717, 1.165) is 42.4 Å². The van der Waals surface area contributed by atoms with Gasteiger partial charge < -0.3 is 10.1 Å². The third-order valence-corrected chi connectivity index (χ3v) is 7.71. The molecular weight excluding hydrogens is 460 g/mol. The minimum absolute atomic E-state index is 0.00122. The van der Waals surface area contributed by atoms with Gasteiger partial charge in [0, 0.05) is 11.3 Å². The van der Waals surface area contributed by atoms with Gasteiger partial charge in [0.25, 0.3) is 15.9 Å². The van der Waals surface area contributed by atoms with Gasteiger partial charge in [-0.1, -0.05) is 39.0 Å². The summed E-state index contributed by atoms with van der Waals surface area (Å²) in [6.45, 7) is 6.36. The van der Waals surface area contributed by atoms with Crippen LogP contribution in [0.4, 0.5) is 11.4 Å². The number of amides is 1. The summed E-state index contributed by atoms with van der Waals surface area (Å²) in [7, 11) is -2.41. The van der Waals surface area contributed by atoms with Crippen molar-refractivity contribution in [3.05, 3.63) is 82.9 Å². The number of aryl methyl sites for hydroxylation is 2. The Hall–Kier alpha value is -3.32. The molecule has 1 amide bonds. The molecule has 35 heavy (non-hydrogen) atoms. The molecule has 3 aromatic rings. The Labute approximate surface area is 207 Å². The van der Waals surface area contributed by atoms with Crippen molar-refractivity contribution < 1.29 is 17.9 Å². The summed E-state index contributed by atoms with van der Waals surface area (Å²) >= 11 is 0. The third-order valence-electron chi connectivity index (χ3n) is 6.30. The van der Waals surface area contributed by atoms with Gasteiger partial charge in [-0.05, 0) is 90.3 Å². The maximum atomic E-state index is 13.3. The zero-order valence-corrected chi connectivity index (χ0v) is 21.5. The Morgan fingerprint density at radius 1 is 0.886 bits per heavy atom. The van der Waals surface area contributed by atoms with Crippen LogP contribution in [0.2, 0.25) is 0 Å². The molecule has 0 saturated heterocycles. The average Bonchev–Trinajstić information content (AvgIpc) is 2.82. The number of methoxy groups -OCH3 is 1. The Kier molecular flexibility index (Phi) is 6.90. The number of rotatable bonds is 6. The number of fused-ring (bicyclic) bond motifs is 1. The van der Waals surface area contributed by atoms with Crippen molar-refractivity contribution in [2.75, 3.05) is 17.1 Å². The molecule has 1 aliphatic carbocycles. The van der Waals surface area contributed by atoms with Gasteiger partial charge in [-0.3, -0.25) is 9.52 Å². The number of anilines is 2. The standard InChI is InChI=1S/C28H32N2O4S/c1-28(2,3)22-14-12-19(13-15-22)27(31)29-23-10-7-11-24(18-23)30-35(32,33)26-17-21-9-6-5-8-20(21)16-25(26)34-4/h7,10-18,30H,5-6,8-9H2,1-4H3,(H,29,31). The quantitative estimate of drug-likeness (QED) is 0.447. The molecule has 0 unspecified atom stereocenters. The molecule has 0 heterocycles. The van der Waals surface area contributed by atoms with Crippen LogP contribution in [0.5, 0.6) is 5.75 Å². The molecule has 0 spiro atoms. The molecule has 0 aliphatic heterocycles. The lowest BCUT2D eigenvalue weighted by Gasteiger charge is -2.20. The molecule has 0 bridgehead atoms. The van der Waals surface area contributed by atoms with Crippen LogP contribution in [-0.2, 0) is 28.3 Å². The Balaban J connectivity index is 1.53. The van der Waals surface area contributed by atoms with Gasteiger partial charge >= 0.3 is 0 Å². The van der Waals surface area contributed by atoms with E-state index in [2.05, 4.69) is 30.8 Å². The predicted molar refractivity (Wildman–Crippen MR) is 140 cm³/mol. The molecule has 0 atom stereocenters. The highest BCUT2D eigenvalue weighted by Crippen LogP contribution is 2.33. The monoisotopic (exact) mass is 492 g/mol. The molecule has 7 heteroatoms. The summed E-state index contributed by atoms with van der Waals surface area (Å²) in [5, 5.41) is 2.85. The summed E-state index contributed by atoms with van der Waals surface area (Å²) in [4.78, 5) is 12.9. The Morgan fingerprint density at radius 2 is 1.51 bits per heavy atom. The molecule has 184 valence electrons. The van der Waals surface area contributed by atoms with E-state index in [1.54, 1.807) is 42.5 Å². The second kappa shape index (κ2) is 9.74. The maximum Gasteiger partial charge on any atom is 0.265 e. The third kappa shape index (κ3) is 5.68. The van der Waals surface area contributed by atoms with E-state index in [0.29, 0.717) is 22.7 Å². The fourth-order valence-electron chi connectivity index (χ4n) is 4.31. The van der Waals surface area contributed by atoms with Crippen molar-refractivity contribution in [2.45, 2.75) is 56.8 Å². The van der Waals surface area contributed by atoms with E-state index in [4.69, 9.17) is 4.74 Å². The number of hydrogen-bond acceptors (Lipinski definition) is 4. The summed E-state index contributed by atoms with van der Waals surface area (Å²) in [5.74, 6) is 0.0723. The largest absolute Gasteiger partial charge is 0.495 e. The summed E-state index contributed by atoms with van der Waals surface area (Å²) < 4.78 is 34.6. The zero-order chi connectivity index (χ0) is 25.2. The Morgan fingerprint density at radius 3 is 2.14 bits per heavy atom. The van der Waals surface area contributed by atoms with E-state index < -0.39 is 10.0 Å². The first kappa shape index (κ1) is 24.8.